The molecule has 9 aromatic carbocycles. The van der Waals surface area contributed by atoms with E-state index in [2.05, 4.69) is 222 Å². The third-order valence-corrected chi connectivity index (χ3v) is 12.6. The highest BCUT2D eigenvalue weighted by Gasteiger charge is 2.35. The van der Waals surface area contributed by atoms with Gasteiger partial charge < -0.3 is 15.5 Å². The van der Waals surface area contributed by atoms with Crippen molar-refractivity contribution < 1.29 is 0 Å². The number of anilines is 3. The Balaban J connectivity index is 0.881. The molecule has 1 aromatic heterocycles. The standard InChI is InChI=1S/C58H41N5/c1-3-13-38(14-4-1)39-24-30-43(31-25-39)51-37-52(61-57(60-51)45-16-5-2-6-17-45)44-32-26-40(27-33-44)41-28-34-46(35-29-41)58-62-55-50-22-12-36-59-54(50)48-20-9-10-21-49(48)56(55)63(58)53-23-11-18-42-15-7-8-19-47(42)53/h1-37,57-58,61-62H. The molecule has 0 saturated heterocycles. The first kappa shape index (κ1) is 36.6. The van der Waals surface area contributed by atoms with Gasteiger partial charge in [0.05, 0.1) is 28.3 Å². The Hall–Kier alpha value is -8.28. The van der Waals surface area contributed by atoms with Crippen molar-refractivity contribution in [1.29, 1.82) is 0 Å². The van der Waals surface area contributed by atoms with Crippen LogP contribution in [-0.4, -0.2) is 10.7 Å². The zero-order valence-corrected chi connectivity index (χ0v) is 34.4. The smallest absolute Gasteiger partial charge is 0.145 e. The predicted octanol–water partition coefficient (Wildman–Crippen LogP) is 14.3. The second-order valence-electron chi connectivity index (χ2n) is 16.3. The zero-order chi connectivity index (χ0) is 41.7. The predicted molar refractivity (Wildman–Crippen MR) is 262 cm³/mol. The van der Waals surface area contributed by atoms with E-state index in [1.165, 1.54) is 38.5 Å². The van der Waals surface area contributed by atoms with Crippen molar-refractivity contribution in [1.82, 2.24) is 10.3 Å². The molecule has 0 bridgehead atoms. The monoisotopic (exact) mass is 807 g/mol. The molecule has 12 rings (SSSR count). The molecule has 2 unspecified atom stereocenters. The molecule has 3 heterocycles. The van der Waals surface area contributed by atoms with Crippen molar-refractivity contribution in [2.45, 2.75) is 12.3 Å². The van der Waals surface area contributed by atoms with Crippen molar-refractivity contribution in [2.75, 3.05) is 10.2 Å². The van der Waals surface area contributed by atoms with Gasteiger partial charge in [-0.1, -0.05) is 194 Å². The number of benzene rings is 9. The molecular formula is C58H41N5. The third kappa shape index (κ3) is 6.50. The van der Waals surface area contributed by atoms with Gasteiger partial charge in [0.1, 0.15) is 12.3 Å². The summed E-state index contributed by atoms with van der Waals surface area (Å²) < 4.78 is 0. The molecule has 2 atom stereocenters. The minimum Gasteiger partial charge on any atom is -0.360 e. The minimum absolute atomic E-state index is 0.149. The normalized spacial score (nSPS) is 15.7. The molecule has 0 fully saturated rings. The number of hydrogen-bond donors (Lipinski definition) is 2. The van der Waals surface area contributed by atoms with Gasteiger partial charge in [0, 0.05) is 33.4 Å². The lowest BCUT2D eigenvalue weighted by Crippen LogP contribution is -2.24. The van der Waals surface area contributed by atoms with Crippen LogP contribution in [0.2, 0.25) is 0 Å². The van der Waals surface area contributed by atoms with Crippen LogP contribution in [0.25, 0.3) is 60.4 Å². The largest absolute Gasteiger partial charge is 0.360 e. The number of aliphatic imine (C=N–C) groups is 1. The van der Waals surface area contributed by atoms with Crippen LogP contribution in [0.1, 0.15) is 34.6 Å². The van der Waals surface area contributed by atoms with Crippen molar-refractivity contribution >= 4 is 60.9 Å². The number of rotatable bonds is 7. The molecule has 0 saturated carbocycles. The lowest BCUT2D eigenvalue weighted by Gasteiger charge is -2.29. The molecule has 298 valence electrons. The molecule has 2 aliphatic heterocycles. The van der Waals surface area contributed by atoms with Crippen LogP contribution >= 0.6 is 0 Å². The van der Waals surface area contributed by atoms with E-state index in [0.717, 1.165) is 66.9 Å². The summed E-state index contributed by atoms with van der Waals surface area (Å²) >= 11 is 0. The Bertz CT molecular complexity index is 3370. The van der Waals surface area contributed by atoms with Gasteiger partial charge in [0.25, 0.3) is 0 Å². The molecule has 63 heavy (non-hydrogen) atoms. The molecule has 2 aliphatic rings. The van der Waals surface area contributed by atoms with Crippen LogP contribution in [0.3, 0.4) is 0 Å². The van der Waals surface area contributed by atoms with Crippen LogP contribution in [0.5, 0.6) is 0 Å². The topological polar surface area (TPSA) is 52.6 Å². The molecular weight excluding hydrogens is 767 g/mol. The lowest BCUT2D eigenvalue weighted by atomic mass is 9.97. The van der Waals surface area contributed by atoms with E-state index in [1.54, 1.807) is 0 Å². The first-order valence-electron chi connectivity index (χ1n) is 21.5. The number of aromatic nitrogens is 1. The molecule has 0 radical (unpaired) electrons. The van der Waals surface area contributed by atoms with E-state index in [9.17, 15) is 0 Å². The van der Waals surface area contributed by atoms with Crippen molar-refractivity contribution in [3.05, 3.63) is 247 Å². The fraction of sp³-hybridized carbons (Fsp3) is 0.0345. The van der Waals surface area contributed by atoms with Crippen LogP contribution in [0, 0.1) is 0 Å². The molecule has 10 aromatic rings. The van der Waals surface area contributed by atoms with E-state index >= 15 is 0 Å². The molecule has 0 spiro atoms. The second kappa shape index (κ2) is 15.3. The summed E-state index contributed by atoms with van der Waals surface area (Å²) in [4.78, 5) is 12.6. The average molecular weight is 808 g/mol. The van der Waals surface area contributed by atoms with E-state index in [-0.39, 0.29) is 12.3 Å². The highest BCUT2D eigenvalue weighted by atomic mass is 15.3. The number of hydrogen-bond acceptors (Lipinski definition) is 5. The first-order valence-corrected chi connectivity index (χ1v) is 21.5. The quantitative estimate of drug-likeness (QED) is 0.158. The Morgan fingerprint density at radius 1 is 0.413 bits per heavy atom. The van der Waals surface area contributed by atoms with Crippen molar-refractivity contribution in [2.24, 2.45) is 4.99 Å². The zero-order valence-electron chi connectivity index (χ0n) is 34.4. The summed E-state index contributed by atoms with van der Waals surface area (Å²) in [7, 11) is 0. The maximum atomic E-state index is 5.21. The van der Waals surface area contributed by atoms with E-state index < -0.39 is 0 Å². The van der Waals surface area contributed by atoms with Crippen molar-refractivity contribution in [3.63, 3.8) is 0 Å². The lowest BCUT2D eigenvalue weighted by molar-refractivity contribution is 0.664. The molecule has 5 heteroatoms. The SMILES string of the molecule is C1=C(c2ccc(-c3ccc(C4Nc5c(c6ccccc6c6ncccc56)N4c4cccc5ccccc45)cc3)cc2)NC(c2ccccc2)N=C1c1ccc(-c2ccccc2)cc1. The summed E-state index contributed by atoms with van der Waals surface area (Å²) in [5.74, 6) is 0. The van der Waals surface area contributed by atoms with Gasteiger partial charge in [-0.25, -0.2) is 0 Å². The second-order valence-corrected chi connectivity index (χ2v) is 16.3. The van der Waals surface area contributed by atoms with E-state index in [1.807, 2.05) is 18.3 Å². The molecule has 0 amide bonds. The summed E-state index contributed by atoms with van der Waals surface area (Å²) in [6, 6.07) is 75.8. The maximum absolute atomic E-state index is 5.21. The minimum atomic E-state index is -0.210. The van der Waals surface area contributed by atoms with Gasteiger partial charge in [0.15, 0.2) is 0 Å². The van der Waals surface area contributed by atoms with Gasteiger partial charge >= 0.3 is 0 Å². The van der Waals surface area contributed by atoms with Gasteiger partial charge in [-0.05, 0) is 74.2 Å². The average Bonchev–Trinajstić information content (AvgIpc) is 3.78. The van der Waals surface area contributed by atoms with Gasteiger partial charge in [-0.2, -0.15) is 0 Å². The fourth-order valence-electron chi connectivity index (χ4n) is 9.43. The molecule has 0 aliphatic carbocycles. The number of fused-ring (bicyclic) bond motifs is 7. The Morgan fingerprint density at radius 3 is 1.73 bits per heavy atom. The summed E-state index contributed by atoms with van der Waals surface area (Å²) in [5.41, 5.74) is 15.6. The van der Waals surface area contributed by atoms with Gasteiger partial charge in [-0.15, -0.1) is 0 Å². The third-order valence-electron chi connectivity index (χ3n) is 12.6. The maximum Gasteiger partial charge on any atom is 0.145 e. The molecule has 2 N–H and O–H groups in total. The van der Waals surface area contributed by atoms with Gasteiger partial charge in [-0.3, -0.25) is 9.98 Å². The highest BCUT2D eigenvalue weighted by Crippen LogP contribution is 2.54. The Kier molecular flexibility index (Phi) is 8.89. The fourth-order valence-corrected chi connectivity index (χ4v) is 9.43. The van der Waals surface area contributed by atoms with Crippen LogP contribution in [-0.2, 0) is 0 Å². The van der Waals surface area contributed by atoms with E-state index in [4.69, 9.17) is 9.98 Å². The molecule has 5 nitrogen and oxygen atoms in total. The Morgan fingerprint density at radius 2 is 0.984 bits per heavy atom. The summed E-state index contributed by atoms with van der Waals surface area (Å²) in [5, 5.41) is 13.6. The van der Waals surface area contributed by atoms with Crippen LogP contribution in [0.15, 0.2) is 230 Å². The van der Waals surface area contributed by atoms with Crippen molar-refractivity contribution in [3.8, 4) is 22.3 Å². The Labute approximate surface area is 366 Å². The van der Waals surface area contributed by atoms with Crippen LogP contribution in [0.4, 0.5) is 17.1 Å². The van der Waals surface area contributed by atoms with E-state index in [0.29, 0.717) is 0 Å². The number of allylic oxidation sites excluding steroid dienone is 1. The summed E-state index contributed by atoms with van der Waals surface area (Å²) in [6.45, 7) is 0. The highest BCUT2D eigenvalue weighted by molar-refractivity contribution is 6.21. The number of nitrogens with zero attached hydrogens (tertiary/aromatic N) is 3. The van der Waals surface area contributed by atoms with Gasteiger partial charge in [0.2, 0.25) is 0 Å². The first-order chi connectivity index (χ1) is 31.2. The summed E-state index contributed by atoms with van der Waals surface area (Å²) in [6.07, 6.45) is 3.71. The number of nitrogens with one attached hydrogen (secondary N) is 2. The van der Waals surface area contributed by atoms with Crippen LogP contribution < -0.4 is 15.5 Å². The number of pyridine rings is 1.